The molecule has 2 aromatic rings. The van der Waals surface area contributed by atoms with Gasteiger partial charge in [-0.25, -0.2) is 4.99 Å². The Morgan fingerprint density at radius 1 is 0.488 bits per heavy atom. The largest absolute Gasteiger partial charge is 0.251 e. The van der Waals surface area contributed by atoms with Gasteiger partial charge in [0.25, 0.3) is 0 Å². The molecule has 0 atom stereocenters. The van der Waals surface area contributed by atoms with Crippen molar-refractivity contribution in [3.63, 3.8) is 0 Å². The van der Waals surface area contributed by atoms with E-state index in [1.807, 2.05) is 48.5 Å². The van der Waals surface area contributed by atoms with Crippen molar-refractivity contribution in [1.29, 1.82) is 0 Å². The van der Waals surface area contributed by atoms with E-state index in [9.17, 15) is 0 Å². The fraction of sp³-hybridized carbons (Fsp3) is 0.600. The first-order valence-corrected chi connectivity index (χ1v) is 17.6. The molecule has 0 aliphatic heterocycles. The van der Waals surface area contributed by atoms with Gasteiger partial charge in [0.2, 0.25) is 0 Å². The zero-order valence-electron chi connectivity index (χ0n) is 27.5. The van der Waals surface area contributed by atoms with Crippen molar-refractivity contribution in [2.24, 2.45) is 9.98 Å². The monoisotopic (exact) mass is 626 g/mol. The molecule has 2 aromatic carbocycles. The van der Waals surface area contributed by atoms with Crippen LogP contribution in [0.15, 0.2) is 70.6 Å². The van der Waals surface area contributed by atoms with Crippen molar-refractivity contribution >= 4 is 22.8 Å². The second kappa shape index (κ2) is 28.6. The molecule has 0 aliphatic carbocycles. The fourth-order valence-electron chi connectivity index (χ4n) is 5.31. The topological polar surface area (TPSA) is 24.7 Å². The van der Waals surface area contributed by atoms with Crippen LogP contribution in [0.25, 0.3) is 0 Å². The quantitative estimate of drug-likeness (QED) is 0.0479. The Morgan fingerprint density at radius 3 is 1.35 bits per heavy atom. The molecule has 0 radical (unpaired) electrons. The van der Waals surface area contributed by atoms with Crippen LogP contribution in [0.4, 0.5) is 11.4 Å². The zero-order valence-corrected chi connectivity index (χ0v) is 28.5. The van der Waals surface area contributed by atoms with Gasteiger partial charge in [-0.15, -0.1) is 0 Å². The van der Waals surface area contributed by atoms with Crippen molar-refractivity contribution < 1.29 is 16.5 Å². The molecule has 2 rings (SSSR count). The standard InChI is InChI=1S/C40H60N2.Ni/c1-3-5-7-8-9-10-11-12-13-14-15-16-17-18-19-20-21-22-30-36-40(42-38-33-28-24-29-34-38)39(35-25-6-4-2)41-37-31-26-23-27-32-37;/h23-24,26-29,31-34H,3-22,25,35H2,1-2H3;. The summed E-state index contributed by atoms with van der Waals surface area (Å²) in [5.41, 5.74) is 3.75. The van der Waals surface area contributed by atoms with E-state index in [1.165, 1.54) is 122 Å². The van der Waals surface area contributed by atoms with Gasteiger partial charge in [0.05, 0.1) is 17.1 Å². The molecule has 0 bridgehead atoms. The van der Waals surface area contributed by atoms with Gasteiger partial charge in [0, 0.05) is 22.9 Å². The van der Waals surface area contributed by atoms with Crippen molar-refractivity contribution in [2.75, 3.05) is 0 Å². The van der Waals surface area contributed by atoms with Crippen LogP contribution >= 0.6 is 0 Å². The summed E-state index contributed by atoms with van der Waals surface area (Å²) >= 11 is 0. The molecule has 240 valence electrons. The molecule has 0 fully saturated rings. The number of hydrogen-bond donors (Lipinski definition) is 0. The molecular weight excluding hydrogens is 567 g/mol. The summed E-state index contributed by atoms with van der Waals surface area (Å²) in [5, 5.41) is 0. The number of benzene rings is 2. The number of rotatable bonds is 24. The molecule has 0 unspecified atom stereocenters. The molecule has 0 spiro atoms. The summed E-state index contributed by atoms with van der Waals surface area (Å²) in [6.07, 6.45) is 29.1. The first-order valence-electron chi connectivity index (χ1n) is 17.6. The van der Waals surface area contributed by atoms with Crippen LogP contribution in [0.2, 0.25) is 0 Å². The summed E-state index contributed by atoms with van der Waals surface area (Å²) in [6.45, 7) is 4.54. The van der Waals surface area contributed by atoms with E-state index in [0.29, 0.717) is 0 Å². The maximum atomic E-state index is 5.01. The molecular formula is C40H60N2Ni. The first kappa shape index (κ1) is 38.9. The van der Waals surface area contributed by atoms with Crippen LogP contribution in [0.5, 0.6) is 0 Å². The van der Waals surface area contributed by atoms with Crippen LogP contribution in [0.3, 0.4) is 0 Å². The third-order valence-corrected chi connectivity index (χ3v) is 7.92. The summed E-state index contributed by atoms with van der Waals surface area (Å²) < 4.78 is 0. The second-order valence-electron chi connectivity index (χ2n) is 11.9. The minimum atomic E-state index is 0. The number of nitrogens with zero attached hydrogens (tertiary/aromatic N) is 2. The van der Waals surface area contributed by atoms with Gasteiger partial charge < -0.3 is 0 Å². The fourth-order valence-corrected chi connectivity index (χ4v) is 5.31. The van der Waals surface area contributed by atoms with Crippen LogP contribution in [0.1, 0.15) is 155 Å². The molecule has 3 heteroatoms. The molecule has 0 saturated heterocycles. The van der Waals surface area contributed by atoms with Gasteiger partial charge in [0.15, 0.2) is 0 Å². The summed E-state index contributed by atoms with van der Waals surface area (Å²) in [7, 11) is 0. The van der Waals surface area contributed by atoms with E-state index in [-0.39, 0.29) is 16.5 Å². The average molecular weight is 628 g/mol. The Labute approximate surface area is 276 Å². The van der Waals surface area contributed by atoms with Crippen LogP contribution in [-0.2, 0) is 16.5 Å². The molecule has 0 aromatic heterocycles. The molecule has 43 heavy (non-hydrogen) atoms. The van der Waals surface area contributed by atoms with E-state index in [2.05, 4.69) is 37.8 Å². The SMILES string of the molecule is CCCCCCCCCCCCCCCCCCCC#CC(=Nc1ccccc1)C(CCCCC)=Nc1ccccc1.[Ni]. The average Bonchev–Trinajstić information content (AvgIpc) is 3.02. The third kappa shape index (κ3) is 21.2. The number of aliphatic imine (C=N–C) groups is 2. The van der Waals surface area contributed by atoms with Gasteiger partial charge in [-0.05, 0) is 49.4 Å². The van der Waals surface area contributed by atoms with Crippen molar-refractivity contribution in [2.45, 2.75) is 155 Å². The summed E-state index contributed by atoms with van der Waals surface area (Å²) in [4.78, 5) is 9.97. The smallest absolute Gasteiger partial charge is 0.135 e. The maximum absolute atomic E-state index is 5.01. The van der Waals surface area contributed by atoms with E-state index in [1.54, 1.807) is 0 Å². The minimum absolute atomic E-state index is 0. The Morgan fingerprint density at radius 2 is 0.884 bits per heavy atom. The van der Waals surface area contributed by atoms with Crippen molar-refractivity contribution in [3.8, 4) is 11.8 Å². The molecule has 2 nitrogen and oxygen atoms in total. The van der Waals surface area contributed by atoms with Crippen LogP contribution in [0, 0.1) is 11.8 Å². The van der Waals surface area contributed by atoms with Gasteiger partial charge in [0.1, 0.15) is 5.71 Å². The van der Waals surface area contributed by atoms with Gasteiger partial charge in [-0.1, -0.05) is 172 Å². The summed E-state index contributed by atoms with van der Waals surface area (Å²) in [5.74, 6) is 6.89. The Hall–Kier alpha value is -2.17. The molecule has 0 N–H and O–H groups in total. The first-order chi connectivity index (χ1) is 20.8. The Kier molecular flexibility index (Phi) is 25.8. The summed E-state index contributed by atoms with van der Waals surface area (Å²) in [6, 6.07) is 20.4. The number of unbranched alkanes of at least 4 members (excludes halogenated alkanes) is 19. The molecule has 0 aliphatic rings. The predicted molar refractivity (Wildman–Crippen MR) is 188 cm³/mol. The van der Waals surface area contributed by atoms with Gasteiger partial charge in [-0.2, -0.15) is 0 Å². The van der Waals surface area contributed by atoms with E-state index < -0.39 is 0 Å². The number of para-hydroxylation sites is 2. The predicted octanol–water partition coefficient (Wildman–Crippen LogP) is 13.2. The van der Waals surface area contributed by atoms with E-state index in [0.717, 1.165) is 42.1 Å². The van der Waals surface area contributed by atoms with Crippen LogP contribution in [-0.4, -0.2) is 11.4 Å². The van der Waals surface area contributed by atoms with Crippen molar-refractivity contribution in [1.82, 2.24) is 0 Å². The second-order valence-corrected chi connectivity index (χ2v) is 11.9. The van der Waals surface area contributed by atoms with Gasteiger partial charge in [-0.3, -0.25) is 4.99 Å². The number of hydrogen-bond acceptors (Lipinski definition) is 2. The van der Waals surface area contributed by atoms with Crippen molar-refractivity contribution in [3.05, 3.63) is 60.7 Å². The molecule has 0 saturated carbocycles. The Bertz CT molecular complexity index is 1020. The van der Waals surface area contributed by atoms with E-state index in [4.69, 9.17) is 9.98 Å². The van der Waals surface area contributed by atoms with Crippen LogP contribution < -0.4 is 0 Å². The van der Waals surface area contributed by atoms with Gasteiger partial charge >= 0.3 is 0 Å². The minimum Gasteiger partial charge on any atom is -0.251 e. The molecule has 0 amide bonds. The maximum Gasteiger partial charge on any atom is 0.135 e. The third-order valence-electron chi connectivity index (χ3n) is 7.92. The molecule has 0 heterocycles. The van der Waals surface area contributed by atoms with E-state index >= 15 is 0 Å². The normalized spacial score (nSPS) is 11.6. The Balaban J connectivity index is 0.00000924. The zero-order chi connectivity index (χ0) is 29.8.